The van der Waals surface area contributed by atoms with E-state index < -0.39 is 5.91 Å². The normalized spacial score (nSPS) is 12.3. The second-order valence-corrected chi connectivity index (χ2v) is 5.32. The first-order valence-electron chi connectivity index (χ1n) is 7.29. The number of allylic oxidation sites excluding steroid dienone is 4. The first kappa shape index (κ1) is 16.5. The Kier molecular flexibility index (Phi) is 5.01. The third-order valence-electron chi connectivity index (χ3n) is 3.61. The predicted molar refractivity (Wildman–Crippen MR) is 91.7 cm³/mol. The van der Waals surface area contributed by atoms with Crippen LogP contribution in [0.3, 0.4) is 0 Å². The first-order valence-corrected chi connectivity index (χ1v) is 7.29. The number of aryl methyl sites for hydroxylation is 1. The van der Waals surface area contributed by atoms with Crippen LogP contribution < -0.4 is 5.73 Å². The lowest BCUT2D eigenvalue weighted by atomic mass is 10.1. The van der Waals surface area contributed by atoms with E-state index in [-0.39, 0.29) is 0 Å². The Morgan fingerprint density at radius 3 is 2.57 bits per heavy atom. The van der Waals surface area contributed by atoms with E-state index in [1.807, 2.05) is 57.2 Å². The molecule has 1 aromatic carbocycles. The van der Waals surface area contributed by atoms with Crippen molar-refractivity contribution in [3.05, 3.63) is 59.1 Å². The maximum Gasteiger partial charge on any atom is 0.267 e. The zero-order valence-electron chi connectivity index (χ0n) is 13.8. The van der Waals surface area contributed by atoms with Crippen molar-refractivity contribution in [2.45, 2.75) is 20.8 Å². The number of ether oxygens (including phenoxy) is 1. The monoisotopic (exact) mass is 311 g/mol. The van der Waals surface area contributed by atoms with Gasteiger partial charge in [-0.2, -0.15) is 0 Å². The molecule has 1 heterocycles. The third kappa shape index (κ3) is 3.69. The largest absolute Gasteiger partial charge is 0.501 e. The lowest BCUT2D eigenvalue weighted by Crippen LogP contribution is -2.13. The molecule has 0 saturated carbocycles. The summed E-state index contributed by atoms with van der Waals surface area (Å²) in [5, 5.41) is 0. The van der Waals surface area contributed by atoms with Gasteiger partial charge in [0.05, 0.1) is 18.6 Å². The van der Waals surface area contributed by atoms with Crippen molar-refractivity contribution in [2.24, 2.45) is 5.73 Å². The molecule has 2 aromatic rings. The van der Waals surface area contributed by atoms with Gasteiger partial charge in [-0.3, -0.25) is 4.79 Å². The second-order valence-electron chi connectivity index (χ2n) is 5.32. The van der Waals surface area contributed by atoms with E-state index >= 15 is 0 Å². The Morgan fingerprint density at radius 2 is 1.96 bits per heavy atom. The number of carbonyl (C=O) groups is 1. The highest BCUT2D eigenvalue weighted by molar-refractivity contribution is 5.96. The van der Waals surface area contributed by atoms with E-state index in [0.29, 0.717) is 17.2 Å². The van der Waals surface area contributed by atoms with E-state index in [9.17, 15) is 4.79 Å². The molecule has 0 aliphatic rings. The number of aromatic amines is 1. The molecule has 1 amide bonds. The minimum atomic E-state index is -0.535. The fraction of sp³-hybridized carbons (Fsp3) is 0.222. The summed E-state index contributed by atoms with van der Waals surface area (Å²) in [5.41, 5.74) is 9.18. The van der Waals surface area contributed by atoms with Crippen LogP contribution in [-0.4, -0.2) is 23.0 Å². The van der Waals surface area contributed by atoms with Gasteiger partial charge in [0.1, 0.15) is 11.5 Å². The van der Waals surface area contributed by atoms with Crippen LogP contribution in [0.5, 0.6) is 0 Å². The molecule has 0 aliphatic heterocycles. The molecule has 0 unspecified atom stereocenters. The number of amides is 1. The molecule has 0 atom stereocenters. The molecule has 0 saturated heterocycles. The first-order chi connectivity index (χ1) is 10.9. The van der Waals surface area contributed by atoms with Crippen LogP contribution in [0.4, 0.5) is 0 Å². The number of nitrogens with zero attached hydrogens (tertiary/aromatic N) is 1. The number of methoxy groups -OCH3 is 1. The smallest absolute Gasteiger partial charge is 0.267 e. The van der Waals surface area contributed by atoms with Crippen molar-refractivity contribution in [2.75, 3.05) is 7.11 Å². The number of primary amides is 1. The minimum absolute atomic E-state index is 0.306. The summed E-state index contributed by atoms with van der Waals surface area (Å²) in [7, 11) is 1.61. The second kappa shape index (κ2) is 6.96. The molecular formula is C18H21N3O2. The van der Waals surface area contributed by atoms with Crippen molar-refractivity contribution in [3.8, 4) is 11.4 Å². The zero-order valence-corrected chi connectivity index (χ0v) is 13.8. The Bertz CT molecular complexity index is 785. The quantitative estimate of drug-likeness (QED) is 0.655. The van der Waals surface area contributed by atoms with Gasteiger partial charge in [0.15, 0.2) is 0 Å². The number of benzene rings is 1. The summed E-state index contributed by atoms with van der Waals surface area (Å²) >= 11 is 0. The van der Waals surface area contributed by atoms with Gasteiger partial charge in [-0.05, 0) is 38.0 Å². The summed E-state index contributed by atoms with van der Waals surface area (Å²) in [6.45, 7) is 5.72. The summed E-state index contributed by atoms with van der Waals surface area (Å²) in [6.07, 6.45) is 3.67. The third-order valence-corrected chi connectivity index (χ3v) is 3.61. The number of rotatable bonds is 5. The van der Waals surface area contributed by atoms with Crippen molar-refractivity contribution in [3.63, 3.8) is 0 Å². The van der Waals surface area contributed by atoms with Crippen LogP contribution in [-0.2, 0) is 4.74 Å². The molecule has 1 aromatic heterocycles. The van der Waals surface area contributed by atoms with Crippen LogP contribution in [0.2, 0.25) is 0 Å². The molecule has 0 fully saturated rings. The molecule has 120 valence electrons. The number of hydrogen-bond acceptors (Lipinski definition) is 3. The number of imidazole rings is 1. The van der Waals surface area contributed by atoms with Gasteiger partial charge < -0.3 is 15.5 Å². The highest BCUT2D eigenvalue weighted by Gasteiger charge is 2.17. The Balaban J connectivity index is 2.52. The average Bonchev–Trinajstić information content (AvgIpc) is 2.98. The van der Waals surface area contributed by atoms with Gasteiger partial charge in [-0.1, -0.05) is 30.3 Å². The summed E-state index contributed by atoms with van der Waals surface area (Å²) in [6, 6.07) is 7.84. The van der Waals surface area contributed by atoms with Crippen LogP contribution in [0, 0.1) is 6.92 Å². The minimum Gasteiger partial charge on any atom is -0.501 e. The van der Waals surface area contributed by atoms with Gasteiger partial charge in [0, 0.05) is 5.56 Å². The van der Waals surface area contributed by atoms with E-state index in [0.717, 1.165) is 22.5 Å². The summed E-state index contributed by atoms with van der Waals surface area (Å²) < 4.78 is 5.10. The van der Waals surface area contributed by atoms with E-state index in [4.69, 9.17) is 10.5 Å². The lowest BCUT2D eigenvalue weighted by molar-refractivity contribution is 0.0996. The van der Waals surface area contributed by atoms with Gasteiger partial charge in [0.25, 0.3) is 5.91 Å². The lowest BCUT2D eigenvalue weighted by Gasteiger charge is -2.00. The number of nitrogens with two attached hydrogens (primary N) is 1. The van der Waals surface area contributed by atoms with Crippen LogP contribution in [0.25, 0.3) is 17.0 Å². The van der Waals surface area contributed by atoms with Gasteiger partial charge in [0.2, 0.25) is 0 Å². The van der Waals surface area contributed by atoms with Crippen LogP contribution in [0.15, 0.2) is 42.2 Å². The number of hydrogen-bond donors (Lipinski definition) is 2. The highest BCUT2D eigenvalue weighted by Crippen LogP contribution is 2.25. The van der Waals surface area contributed by atoms with Crippen molar-refractivity contribution < 1.29 is 9.53 Å². The molecule has 3 N–H and O–H groups in total. The fourth-order valence-electron chi connectivity index (χ4n) is 2.19. The number of aromatic nitrogens is 2. The SMILES string of the molecule is COC(C)=CC=C(C)c1nc(-c2ccccc2C)[nH]c1C(N)=O. The molecule has 2 rings (SSSR count). The standard InChI is InChI=1S/C18H21N3O2/c1-11-7-5-6-8-14(11)18-20-15(16(21-18)17(19)22)12(2)9-10-13(3)23-4/h5-10H,1-4H3,(H2,19,22)(H,20,21). The topological polar surface area (TPSA) is 81.0 Å². The Morgan fingerprint density at radius 1 is 1.26 bits per heavy atom. The van der Waals surface area contributed by atoms with Gasteiger partial charge >= 0.3 is 0 Å². The predicted octanol–water partition coefficient (Wildman–Crippen LogP) is 3.44. The van der Waals surface area contributed by atoms with E-state index in [1.165, 1.54) is 0 Å². The molecule has 5 heteroatoms. The number of nitrogens with one attached hydrogen (secondary N) is 1. The summed E-state index contributed by atoms with van der Waals surface area (Å²) in [4.78, 5) is 19.3. The molecule has 0 radical (unpaired) electrons. The number of H-pyrrole nitrogens is 1. The van der Waals surface area contributed by atoms with Crippen molar-refractivity contribution in [1.29, 1.82) is 0 Å². The number of carbonyl (C=O) groups excluding carboxylic acids is 1. The molecule has 5 nitrogen and oxygen atoms in total. The molecule has 0 bridgehead atoms. The highest BCUT2D eigenvalue weighted by atomic mass is 16.5. The Hall–Kier alpha value is -2.82. The molecule has 0 aliphatic carbocycles. The van der Waals surface area contributed by atoms with E-state index in [2.05, 4.69) is 9.97 Å². The maximum absolute atomic E-state index is 11.7. The van der Waals surface area contributed by atoms with Gasteiger partial charge in [-0.25, -0.2) is 4.98 Å². The Labute approximate surface area is 135 Å². The van der Waals surface area contributed by atoms with Crippen molar-refractivity contribution >= 4 is 11.5 Å². The van der Waals surface area contributed by atoms with Crippen LogP contribution in [0.1, 0.15) is 35.6 Å². The molecule has 23 heavy (non-hydrogen) atoms. The molecule has 0 spiro atoms. The average molecular weight is 311 g/mol. The van der Waals surface area contributed by atoms with Crippen LogP contribution >= 0.6 is 0 Å². The molecular weight excluding hydrogens is 290 g/mol. The fourth-order valence-corrected chi connectivity index (χ4v) is 2.19. The van der Waals surface area contributed by atoms with E-state index in [1.54, 1.807) is 7.11 Å². The summed E-state index contributed by atoms with van der Waals surface area (Å²) in [5.74, 6) is 0.860. The van der Waals surface area contributed by atoms with Gasteiger partial charge in [-0.15, -0.1) is 0 Å². The zero-order chi connectivity index (χ0) is 17.0. The van der Waals surface area contributed by atoms with Crippen molar-refractivity contribution in [1.82, 2.24) is 9.97 Å². The maximum atomic E-state index is 11.7.